The lowest BCUT2D eigenvalue weighted by Crippen LogP contribution is -2.60. The Bertz CT molecular complexity index is 851. The summed E-state index contributed by atoms with van der Waals surface area (Å²) in [5.74, 6) is 3.56. The Hall–Kier alpha value is -0.140. The molecule has 0 aromatic carbocycles. The number of aliphatic hydroxyl groups is 1. The summed E-state index contributed by atoms with van der Waals surface area (Å²) in [6.07, 6.45) is 14.1. The molecule has 5 rings (SSSR count). The zero-order valence-electron chi connectivity index (χ0n) is 19.6. The summed E-state index contributed by atoms with van der Waals surface area (Å²) in [7, 11) is 0. The van der Waals surface area contributed by atoms with Crippen LogP contribution < -0.4 is 0 Å². The van der Waals surface area contributed by atoms with Crippen LogP contribution >= 0.6 is 34.4 Å². The van der Waals surface area contributed by atoms with E-state index in [1.54, 1.807) is 11.8 Å². The number of hydrogen-bond acceptors (Lipinski definition) is 4. The molecule has 32 heavy (non-hydrogen) atoms. The first-order chi connectivity index (χ1) is 15.3. The smallest absolute Gasteiger partial charge is 0.146 e. The average Bonchev–Trinajstić information content (AvgIpc) is 3.16. The third-order valence-electron chi connectivity index (χ3n) is 10.7. The van der Waals surface area contributed by atoms with Gasteiger partial charge in [-0.3, -0.25) is 9.78 Å². The van der Waals surface area contributed by atoms with Crippen molar-refractivity contribution in [3.8, 4) is 0 Å². The molecule has 0 bridgehead atoms. The minimum absolute atomic E-state index is 0.102. The molecule has 0 amide bonds. The first-order valence-electron chi connectivity index (χ1n) is 12.6. The number of fused-ring (bicyclic) bond motifs is 5. The number of aliphatic hydroxyl groups excluding tert-OH is 1. The van der Waals surface area contributed by atoms with Gasteiger partial charge in [0.2, 0.25) is 0 Å². The number of carbonyl (C=O) groups is 1. The molecule has 4 aliphatic rings. The molecule has 4 fully saturated rings. The Morgan fingerprint density at radius 3 is 2.62 bits per heavy atom. The van der Waals surface area contributed by atoms with Crippen LogP contribution in [0.1, 0.15) is 71.6 Å². The minimum atomic E-state index is -0.102. The van der Waals surface area contributed by atoms with Gasteiger partial charge in [-0.15, -0.1) is 11.8 Å². The zero-order chi connectivity index (χ0) is 22.6. The highest BCUT2D eigenvalue weighted by atomic mass is 127. The van der Waals surface area contributed by atoms with Crippen LogP contribution in [0.2, 0.25) is 0 Å². The van der Waals surface area contributed by atoms with Crippen LogP contribution in [0.25, 0.3) is 0 Å². The van der Waals surface area contributed by atoms with Gasteiger partial charge in [0.25, 0.3) is 0 Å². The molecule has 5 heteroatoms. The number of pyridine rings is 1. The summed E-state index contributed by atoms with van der Waals surface area (Å²) in [5.41, 5.74) is 0.859. The summed E-state index contributed by atoms with van der Waals surface area (Å²) in [4.78, 5) is 18.6. The maximum atomic E-state index is 13.4. The molecule has 4 saturated carbocycles. The molecule has 0 saturated heterocycles. The van der Waals surface area contributed by atoms with Gasteiger partial charge in [0.05, 0.1) is 11.9 Å². The summed E-state index contributed by atoms with van der Waals surface area (Å²) in [5, 5.41) is 10.5. The van der Waals surface area contributed by atoms with Crippen molar-refractivity contribution in [3.05, 3.63) is 24.5 Å². The monoisotopic (exact) mass is 567 g/mol. The van der Waals surface area contributed by atoms with Crippen molar-refractivity contribution >= 4 is 40.1 Å². The highest BCUT2D eigenvalue weighted by molar-refractivity contribution is 14.1. The van der Waals surface area contributed by atoms with Crippen LogP contribution in [0.5, 0.6) is 0 Å². The van der Waals surface area contributed by atoms with E-state index < -0.39 is 0 Å². The topological polar surface area (TPSA) is 50.2 Å². The summed E-state index contributed by atoms with van der Waals surface area (Å²) < 4.78 is 1.18. The SMILES string of the molecule is C[C@]12CC[C@H]3[C@@H](CCC4(CI)CC(O)CC[C@]34C)[C@@H]1CC[C@@H]2C(=O)CSc1ccncc1. The Balaban J connectivity index is 1.33. The van der Waals surface area contributed by atoms with E-state index in [-0.39, 0.29) is 17.4 Å². The third-order valence-corrected chi connectivity index (χ3v) is 13.2. The maximum Gasteiger partial charge on any atom is 0.146 e. The molecule has 1 aromatic rings. The third kappa shape index (κ3) is 3.62. The Morgan fingerprint density at radius 2 is 1.88 bits per heavy atom. The van der Waals surface area contributed by atoms with E-state index in [9.17, 15) is 9.90 Å². The number of ketones is 1. The molecule has 0 radical (unpaired) electrons. The molecule has 176 valence electrons. The van der Waals surface area contributed by atoms with Crippen LogP contribution in [0.4, 0.5) is 0 Å². The van der Waals surface area contributed by atoms with E-state index in [1.807, 2.05) is 24.5 Å². The van der Waals surface area contributed by atoms with Crippen molar-refractivity contribution in [3.63, 3.8) is 0 Å². The highest BCUT2D eigenvalue weighted by Crippen LogP contribution is 2.71. The van der Waals surface area contributed by atoms with Gasteiger partial charge >= 0.3 is 0 Å². The van der Waals surface area contributed by atoms with Crippen LogP contribution in [0, 0.1) is 39.9 Å². The van der Waals surface area contributed by atoms with Gasteiger partial charge in [0.15, 0.2) is 0 Å². The molecular weight excluding hydrogens is 529 g/mol. The van der Waals surface area contributed by atoms with Crippen LogP contribution in [-0.4, -0.2) is 32.2 Å². The van der Waals surface area contributed by atoms with E-state index in [0.29, 0.717) is 28.3 Å². The second-order valence-corrected chi connectivity index (χ2v) is 13.6. The van der Waals surface area contributed by atoms with Crippen molar-refractivity contribution in [2.75, 3.05) is 10.2 Å². The van der Waals surface area contributed by atoms with E-state index in [1.165, 1.54) is 43.0 Å². The van der Waals surface area contributed by atoms with Gasteiger partial charge in [-0.1, -0.05) is 36.4 Å². The molecule has 1 heterocycles. The number of alkyl halides is 1. The fourth-order valence-electron chi connectivity index (χ4n) is 8.90. The normalized spacial score (nSPS) is 45.6. The van der Waals surface area contributed by atoms with Crippen molar-refractivity contribution in [2.24, 2.45) is 39.9 Å². The van der Waals surface area contributed by atoms with Crippen molar-refractivity contribution in [1.29, 1.82) is 0 Å². The van der Waals surface area contributed by atoms with Crippen molar-refractivity contribution < 1.29 is 9.90 Å². The van der Waals surface area contributed by atoms with Crippen LogP contribution in [0.15, 0.2) is 29.4 Å². The number of nitrogens with zero attached hydrogens (tertiary/aromatic N) is 1. The van der Waals surface area contributed by atoms with E-state index >= 15 is 0 Å². The number of Topliss-reactive ketones (excluding diaryl/α,β-unsaturated/α-hetero) is 1. The minimum Gasteiger partial charge on any atom is -0.393 e. The van der Waals surface area contributed by atoms with Gasteiger partial charge in [0.1, 0.15) is 5.78 Å². The molecule has 1 N–H and O–H groups in total. The first-order valence-corrected chi connectivity index (χ1v) is 15.1. The second kappa shape index (κ2) is 8.82. The molecule has 1 aromatic heterocycles. The van der Waals surface area contributed by atoms with Gasteiger partial charge in [0, 0.05) is 27.6 Å². The predicted octanol–water partition coefficient (Wildman–Crippen LogP) is 6.57. The number of aromatic nitrogens is 1. The number of halogens is 1. The van der Waals surface area contributed by atoms with E-state index in [2.05, 4.69) is 41.4 Å². The standard InChI is InChI=1S/C27H38INO2S/c1-25-10-7-22-20(6-12-27(17-28)15-18(30)5-11-26(22,27)2)21(25)3-4-23(25)24(31)16-32-19-8-13-29-14-9-19/h8-9,13-14,18,20-23,30H,3-7,10-12,15-17H2,1-2H3/t18?,20-,21-,22-,23+,25-,26+,27?/m0/s1. The van der Waals surface area contributed by atoms with E-state index in [0.717, 1.165) is 36.0 Å². The number of hydrogen-bond donors (Lipinski definition) is 1. The second-order valence-electron chi connectivity index (χ2n) is 11.8. The van der Waals surface area contributed by atoms with Gasteiger partial charge < -0.3 is 5.11 Å². The fourth-order valence-corrected chi connectivity index (χ4v) is 11.3. The molecular formula is C27H38INO2S. The number of rotatable bonds is 5. The summed E-state index contributed by atoms with van der Waals surface area (Å²) in [6.45, 7) is 5.05. The first kappa shape index (κ1) is 23.6. The van der Waals surface area contributed by atoms with Crippen molar-refractivity contribution in [1.82, 2.24) is 4.98 Å². The zero-order valence-corrected chi connectivity index (χ0v) is 22.5. The van der Waals surface area contributed by atoms with Crippen molar-refractivity contribution in [2.45, 2.75) is 82.6 Å². The van der Waals surface area contributed by atoms with Gasteiger partial charge in [-0.05, 0) is 104 Å². The largest absolute Gasteiger partial charge is 0.393 e. The Labute approximate surface area is 211 Å². The molecule has 8 atom stereocenters. The Morgan fingerprint density at radius 1 is 1.09 bits per heavy atom. The number of carbonyl (C=O) groups excluding carboxylic acids is 1. The predicted molar refractivity (Wildman–Crippen MR) is 139 cm³/mol. The quantitative estimate of drug-likeness (QED) is 0.249. The molecule has 2 unspecified atom stereocenters. The lowest BCUT2D eigenvalue weighted by Gasteiger charge is -2.65. The molecule has 0 aliphatic heterocycles. The van der Waals surface area contributed by atoms with E-state index in [4.69, 9.17) is 0 Å². The Kier molecular flexibility index (Phi) is 6.50. The maximum absolute atomic E-state index is 13.4. The van der Waals surface area contributed by atoms with Gasteiger partial charge in [-0.2, -0.15) is 0 Å². The van der Waals surface area contributed by atoms with Gasteiger partial charge in [-0.25, -0.2) is 0 Å². The average molecular weight is 568 g/mol. The number of thioether (sulfide) groups is 1. The lowest BCUT2D eigenvalue weighted by atomic mass is 9.40. The lowest BCUT2D eigenvalue weighted by molar-refractivity contribution is -0.167. The molecule has 0 spiro atoms. The summed E-state index contributed by atoms with van der Waals surface area (Å²) >= 11 is 4.29. The fraction of sp³-hybridized carbons (Fsp3) is 0.778. The van der Waals surface area contributed by atoms with Crippen LogP contribution in [-0.2, 0) is 4.79 Å². The van der Waals surface area contributed by atoms with Crippen LogP contribution in [0.3, 0.4) is 0 Å². The molecule has 4 aliphatic carbocycles. The molecule has 3 nitrogen and oxygen atoms in total. The highest BCUT2D eigenvalue weighted by Gasteiger charge is 2.64. The summed E-state index contributed by atoms with van der Waals surface area (Å²) in [6, 6.07) is 4.01.